The molecule has 0 bridgehead atoms. The Morgan fingerprint density at radius 3 is 2.46 bits per heavy atom. The molecular formula is C26H22ClN5O2S. The Labute approximate surface area is 212 Å². The van der Waals surface area contributed by atoms with E-state index in [1.807, 2.05) is 78.2 Å². The van der Waals surface area contributed by atoms with Crippen molar-refractivity contribution < 1.29 is 9.26 Å². The molecule has 3 aromatic carbocycles. The minimum Gasteiger partial charge on any atom is -0.494 e. The zero-order chi connectivity index (χ0) is 24.0. The summed E-state index contributed by atoms with van der Waals surface area (Å²) in [5.74, 6) is 3.15. The van der Waals surface area contributed by atoms with Gasteiger partial charge < -0.3 is 9.26 Å². The van der Waals surface area contributed by atoms with E-state index in [0.29, 0.717) is 35.5 Å². The lowest BCUT2D eigenvalue weighted by molar-refractivity contribution is 0.340. The molecular weight excluding hydrogens is 482 g/mol. The zero-order valence-corrected chi connectivity index (χ0v) is 20.5. The maximum Gasteiger partial charge on any atom is 0.237 e. The third kappa shape index (κ3) is 5.55. The van der Waals surface area contributed by atoms with Crippen molar-refractivity contribution in [1.29, 1.82) is 0 Å². The van der Waals surface area contributed by atoms with Crippen molar-refractivity contribution in [2.75, 3.05) is 6.61 Å². The monoisotopic (exact) mass is 503 g/mol. The lowest BCUT2D eigenvalue weighted by Crippen LogP contribution is -2.04. The highest BCUT2D eigenvalue weighted by Crippen LogP contribution is 2.28. The van der Waals surface area contributed by atoms with Crippen LogP contribution in [0.3, 0.4) is 0 Å². The molecule has 5 aromatic rings. The summed E-state index contributed by atoms with van der Waals surface area (Å²) in [5, 5.41) is 14.5. The number of benzene rings is 3. The van der Waals surface area contributed by atoms with Crippen molar-refractivity contribution in [2.24, 2.45) is 0 Å². The molecule has 7 nitrogen and oxygen atoms in total. The van der Waals surface area contributed by atoms with E-state index < -0.39 is 0 Å². The van der Waals surface area contributed by atoms with E-state index in [2.05, 4.69) is 32.5 Å². The smallest absolute Gasteiger partial charge is 0.237 e. The van der Waals surface area contributed by atoms with Gasteiger partial charge in [-0.2, -0.15) is 4.98 Å². The summed E-state index contributed by atoms with van der Waals surface area (Å²) in [6.45, 7) is 2.58. The van der Waals surface area contributed by atoms with Gasteiger partial charge in [0.2, 0.25) is 11.7 Å². The fourth-order valence-electron chi connectivity index (χ4n) is 3.56. The first-order valence-corrected chi connectivity index (χ1v) is 12.5. The summed E-state index contributed by atoms with van der Waals surface area (Å²) in [6.07, 6.45) is 0.652. The van der Waals surface area contributed by atoms with Crippen LogP contribution in [0.15, 0.2) is 88.5 Å². The third-order valence-corrected chi connectivity index (χ3v) is 6.37. The lowest BCUT2D eigenvalue weighted by atomic mass is 10.1. The minimum absolute atomic E-state index is 0.459. The number of nitrogens with zero attached hydrogens (tertiary/aromatic N) is 5. The Morgan fingerprint density at radius 1 is 0.943 bits per heavy atom. The molecule has 5 rings (SSSR count). The van der Waals surface area contributed by atoms with Crippen LogP contribution in [0.1, 0.15) is 24.2 Å². The fraction of sp³-hybridized carbons (Fsp3) is 0.154. The highest BCUT2D eigenvalue weighted by molar-refractivity contribution is 7.98. The second-order valence-electron chi connectivity index (χ2n) is 7.63. The van der Waals surface area contributed by atoms with E-state index >= 15 is 0 Å². The number of hydrogen-bond donors (Lipinski definition) is 0. The average Bonchev–Trinajstić information content (AvgIpc) is 3.52. The molecule has 9 heteroatoms. The molecule has 0 aliphatic rings. The Balaban J connectivity index is 1.36. The standard InChI is InChI=1S/C26H22ClN5O2S/c1-2-33-22-14-8-19(9-15-22)25-28-24(34-31-25)17-35-26-30-29-23(16-18-6-4-3-5-7-18)32(26)21-12-10-20(27)11-13-21/h3-15H,2,16-17H2,1H3. The molecule has 0 aliphatic heterocycles. The minimum atomic E-state index is 0.459. The first kappa shape index (κ1) is 23.1. The Hall–Kier alpha value is -3.62. The number of aromatic nitrogens is 5. The van der Waals surface area contributed by atoms with Gasteiger partial charge in [-0.1, -0.05) is 58.9 Å². The molecule has 2 aromatic heterocycles. The van der Waals surface area contributed by atoms with Crippen molar-refractivity contribution in [1.82, 2.24) is 24.9 Å². The van der Waals surface area contributed by atoms with Crippen LogP contribution in [0, 0.1) is 0 Å². The van der Waals surface area contributed by atoms with E-state index in [-0.39, 0.29) is 0 Å². The van der Waals surface area contributed by atoms with Crippen LogP contribution in [0.2, 0.25) is 5.02 Å². The van der Waals surface area contributed by atoms with Crippen LogP contribution in [-0.2, 0) is 12.2 Å². The second kappa shape index (κ2) is 10.8. The summed E-state index contributed by atoms with van der Waals surface area (Å²) < 4.78 is 13.0. The molecule has 0 saturated carbocycles. The van der Waals surface area contributed by atoms with Crippen molar-refractivity contribution in [3.8, 4) is 22.8 Å². The topological polar surface area (TPSA) is 78.9 Å². The summed E-state index contributed by atoms with van der Waals surface area (Å²) in [4.78, 5) is 4.55. The van der Waals surface area contributed by atoms with Crippen molar-refractivity contribution in [2.45, 2.75) is 24.3 Å². The van der Waals surface area contributed by atoms with Crippen LogP contribution in [-0.4, -0.2) is 31.5 Å². The Bertz CT molecular complexity index is 1390. The highest BCUT2D eigenvalue weighted by atomic mass is 35.5. The number of hydrogen-bond acceptors (Lipinski definition) is 7. The average molecular weight is 504 g/mol. The van der Waals surface area contributed by atoms with Crippen molar-refractivity contribution in [3.63, 3.8) is 0 Å². The van der Waals surface area contributed by atoms with Crippen LogP contribution in [0.4, 0.5) is 0 Å². The third-order valence-electron chi connectivity index (χ3n) is 5.21. The normalized spacial score (nSPS) is 11.0. The van der Waals surface area contributed by atoms with Crippen LogP contribution < -0.4 is 4.74 Å². The quantitative estimate of drug-likeness (QED) is 0.220. The fourth-order valence-corrected chi connectivity index (χ4v) is 4.49. The molecule has 0 aliphatic carbocycles. The summed E-state index contributed by atoms with van der Waals surface area (Å²) in [7, 11) is 0. The SMILES string of the molecule is CCOc1ccc(-c2noc(CSc3nnc(Cc4ccccc4)n3-c3ccc(Cl)cc3)n2)cc1. The summed E-state index contributed by atoms with van der Waals surface area (Å²) in [6, 6.07) is 25.5. The lowest BCUT2D eigenvalue weighted by Gasteiger charge is -2.10. The molecule has 176 valence electrons. The number of thioether (sulfide) groups is 1. The van der Waals surface area contributed by atoms with Gasteiger partial charge in [0.25, 0.3) is 0 Å². The van der Waals surface area contributed by atoms with Gasteiger partial charge in [-0.05, 0) is 61.0 Å². The van der Waals surface area contributed by atoms with E-state index in [1.165, 1.54) is 11.8 Å². The molecule has 0 N–H and O–H groups in total. The molecule has 35 heavy (non-hydrogen) atoms. The van der Waals surface area contributed by atoms with Gasteiger partial charge >= 0.3 is 0 Å². The first-order chi connectivity index (χ1) is 17.2. The molecule has 0 amide bonds. The van der Waals surface area contributed by atoms with Gasteiger partial charge in [0.15, 0.2) is 5.16 Å². The predicted octanol–water partition coefficient (Wildman–Crippen LogP) is 6.25. The molecule has 0 atom stereocenters. The summed E-state index contributed by atoms with van der Waals surface area (Å²) in [5.41, 5.74) is 2.96. The zero-order valence-electron chi connectivity index (χ0n) is 19.0. The molecule has 0 fully saturated rings. The van der Waals surface area contributed by atoms with E-state index in [4.69, 9.17) is 20.9 Å². The molecule has 0 radical (unpaired) electrons. The first-order valence-electron chi connectivity index (χ1n) is 11.1. The van der Waals surface area contributed by atoms with Gasteiger partial charge in [0, 0.05) is 22.7 Å². The van der Waals surface area contributed by atoms with E-state index in [1.54, 1.807) is 0 Å². The van der Waals surface area contributed by atoms with Gasteiger partial charge in [-0.25, -0.2) is 0 Å². The van der Waals surface area contributed by atoms with Crippen LogP contribution >= 0.6 is 23.4 Å². The molecule has 0 spiro atoms. The van der Waals surface area contributed by atoms with Crippen molar-refractivity contribution >= 4 is 23.4 Å². The van der Waals surface area contributed by atoms with E-state index in [0.717, 1.165) is 33.5 Å². The number of ether oxygens (including phenoxy) is 1. The number of halogens is 1. The van der Waals surface area contributed by atoms with Gasteiger partial charge in [-0.3, -0.25) is 4.57 Å². The number of rotatable bonds is 9. The predicted molar refractivity (Wildman–Crippen MR) is 136 cm³/mol. The Morgan fingerprint density at radius 2 is 1.71 bits per heavy atom. The summed E-state index contributed by atoms with van der Waals surface area (Å²) >= 11 is 7.61. The second-order valence-corrected chi connectivity index (χ2v) is 9.01. The maximum atomic E-state index is 6.12. The van der Waals surface area contributed by atoms with Gasteiger partial charge in [0.05, 0.1) is 12.4 Å². The molecule has 0 saturated heterocycles. The molecule has 2 heterocycles. The van der Waals surface area contributed by atoms with Crippen molar-refractivity contribution in [3.05, 3.63) is 101 Å². The highest BCUT2D eigenvalue weighted by Gasteiger charge is 2.17. The van der Waals surface area contributed by atoms with E-state index in [9.17, 15) is 0 Å². The maximum absolute atomic E-state index is 6.12. The van der Waals surface area contributed by atoms with Gasteiger partial charge in [-0.15, -0.1) is 10.2 Å². The largest absolute Gasteiger partial charge is 0.494 e. The Kier molecular flexibility index (Phi) is 7.11. The van der Waals surface area contributed by atoms with Gasteiger partial charge in [0.1, 0.15) is 11.6 Å². The molecule has 0 unspecified atom stereocenters. The van der Waals surface area contributed by atoms with Crippen LogP contribution in [0.5, 0.6) is 5.75 Å². The van der Waals surface area contributed by atoms with Crippen LogP contribution in [0.25, 0.3) is 17.1 Å².